The van der Waals surface area contributed by atoms with Gasteiger partial charge in [-0.05, 0) is 42.5 Å². The Bertz CT molecular complexity index is 1380. The monoisotopic (exact) mass is 724 g/mol. The van der Waals surface area contributed by atoms with Crippen molar-refractivity contribution in [3.05, 3.63) is 83.9 Å². The molecule has 0 radical (unpaired) electrons. The van der Waals surface area contributed by atoms with Gasteiger partial charge in [-0.25, -0.2) is 4.79 Å². The summed E-state index contributed by atoms with van der Waals surface area (Å²) >= 11 is 0. The molecular formula is C36H47F3N2O10. The van der Waals surface area contributed by atoms with Gasteiger partial charge < -0.3 is 53.7 Å². The van der Waals surface area contributed by atoms with Crippen LogP contribution in [0.25, 0.3) is 0 Å². The van der Waals surface area contributed by atoms with Crippen LogP contribution in [-0.4, -0.2) is 112 Å². The zero-order valence-corrected chi connectivity index (χ0v) is 28.5. The lowest BCUT2D eigenvalue weighted by Gasteiger charge is -2.13. The Morgan fingerprint density at radius 2 is 1.04 bits per heavy atom. The highest BCUT2D eigenvalue weighted by Gasteiger charge is 2.30. The van der Waals surface area contributed by atoms with Crippen LogP contribution in [0.2, 0.25) is 0 Å². The maximum atomic E-state index is 13.0. The van der Waals surface area contributed by atoms with Crippen molar-refractivity contribution in [2.45, 2.75) is 6.18 Å². The van der Waals surface area contributed by atoms with Crippen LogP contribution in [0.3, 0.4) is 0 Å². The zero-order valence-electron chi connectivity index (χ0n) is 28.5. The molecular weight excluding hydrogens is 677 g/mol. The Kier molecular flexibility index (Phi) is 20.4. The minimum Gasteiger partial charge on any atom is -0.489 e. The van der Waals surface area contributed by atoms with Crippen LogP contribution in [0.5, 0.6) is 5.75 Å². The van der Waals surface area contributed by atoms with E-state index in [4.69, 9.17) is 48.4 Å². The second-order valence-electron chi connectivity index (χ2n) is 10.6. The molecule has 0 aliphatic rings. The first kappa shape index (κ1) is 41.5. The summed E-state index contributed by atoms with van der Waals surface area (Å²) in [5.41, 5.74) is 6.32. The summed E-state index contributed by atoms with van der Waals surface area (Å²) in [6.45, 7) is 6.06. The van der Waals surface area contributed by atoms with Gasteiger partial charge in [0, 0.05) is 5.69 Å². The van der Waals surface area contributed by atoms with Crippen molar-refractivity contribution in [2.75, 3.05) is 117 Å². The Morgan fingerprint density at radius 3 is 1.57 bits per heavy atom. The van der Waals surface area contributed by atoms with Crippen LogP contribution in [0, 0.1) is 0 Å². The highest BCUT2D eigenvalue weighted by atomic mass is 19.4. The van der Waals surface area contributed by atoms with Crippen molar-refractivity contribution in [3.63, 3.8) is 0 Å². The van der Waals surface area contributed by atoms with E-state index in [9.17, 15) is 18.0 Å². The summed E-state index contributed by atoms with van der Waals surface area (Å²) < 4.78 is 88.1. The lowest BCUT2D eigenvalue weighted by Crippen LogP contribution is -2.16. The summed E-state index contributed by atoms with van der Waals surface area (Å²) in [4.78, 5) is 12.6. The van der Waals surface area contributed by atoms with Gasteiger partial charge in [0.05, 0.1) is 115 Å². The number of rotatable bonds is 28. The zero-order chi connectivity index (χ0) is 36.4. The van der Waals surface area contributed by atoms with Crippen molar-refractivity contribution >= 4 is 23.0 Å². The maximum absolute atomic E-state index is 13.0. The fraction of sp³-hybridized carbons (Fsp3) is 0.472. The van der Waals surface area contributed by atoms with Gasteiger partial charge in [-0.1, -0.05) is 30.3 Å². The molecule has 0 spiro atoms. The predicted molar refractivity (Wildman–Crippen MR) is 184 cm³/mol. The molecule has 0 aliphatic carbocycles. The SMILES string of the molecule is Nc1ccccc1OCCOCCOCCOCCOCCOCCOCCOCCOC(=O)c1ccccc1Nc1cccc(C(F)(F)F)c1. The summed E-state index contributed by atoms with van der Waals surface area (Å²) in [5.74, 6) is 0.0189. The topological polar surface area (TPSA) is 138 Å². The number of nitrogens with two attached hydrogens (primary N) is 1. The van der Waals surface area contributed by atoms with Gasteiger partial charge >= 0.3 is 12.1 Å². The average molecular weight is 725 g/mol. The van der Waals surface area contributed by atoms with Gasteiger partial charge in [-0.2, -0.15) is 13.2 Å². The maximum Gasteiger partial charge on any atom is 0.416 e. The van der Waals surface area contributed by atoms with E-state index in [1.165, 1.54) is 18.2 Å². The smallest absolute Gasteiger partial charge is 0.416 e. The molecule has 0 heterocycles. The van der Waals surface area contributed by atoms with Gasteiger partial charge in [0.2, 0.25) is 0 Å². The molecule has 3 aromatic carbocycles. The first-order valence-electron chi connectivity index (χ1n) is 16.6. The normalized spacial score (nSPS) is 11.4. The number of benzene rings is 3. The van der Waals surface area contributed by atoms with Crippen molar-refractivity contribution in [2.24, 2.45) is 0 Å². The molecule has 0 fully saturated rings. The van der Waals surface area contributed by atoms with E-state index < -0.39 is 17.7 Å². The number of hydrogen-bond donors (Lipinski definition) is 2. The number of nitrogen functional groups attached to an aromatic ring is 1. The average Bonchev–Trinajstić information content (AvgIpc) is 3.12. The minimum absolute atomic E-state index is 0.00214. The van der Waals surface area contributed by atoms with Crippen LogP contribution in [0.4, 0.5) is 30.2 Å². The third-order valence-electron chi connectivity index (χ3n) is 6.71. The van der Waals surface area contributed by atoms with E-state index in [1.807, 2.05) is 18.2 Å². The number of carbonyl (C=O) groups excluding carboxylic acids is 1. The minimum atomic E-state index is -4.48. The van der Waals surface area contributed by atoms with Crippen molar-refractivity contribution < 1.29 is 60.6 Å². The molecule has 0 atom stereocenters. The molecule has 0 aliphatic heterocycles. The molecule has 3 rings (SSSR count). The van der Waals surface area contributed by atoms with E-state index in [0.717, 1.165) is 12.1 Å². The quantitative estimate of drug-likeness (QED) is 0.0565. The molecule has 12 nitrogen and oxygen atoms in total. The molecule has 0 saturated carbocycles. The fourth-order valence-electron chi connectivity index (χ4n) is 4.21. The third kappa shape index (κ3) is 18.2. The van der Waals surface area contributed by atoms with Gasteiger partial charge in [0.1, 0.15) is 19.0 Å². The Hall–Kier alpha value is -3.96. The molecule has 0 saturated heterocycles. The van der Waals surface area contributed by atoms with Crippen molar-refractivity contribution in [3.8, 4) is 5.75 Å². The second kappa shape index (κ2) is 25.1. The molecule has 0 aromatic heterocycles. The standard InChI is InChI=1S/C36H47F3N2O10/c37-36(38,39)29-6-5-7-30(28-29)41-33-10-3-1-8-31(33)35(42)51-27-25-49-23-21-47-19-17-45-15-13-43-12-14-44-16-18-46-20-22-48-24-26-50-34-11-4-2-9-32(34)40/h1-11,28,41H,12-27,40H2. The Labute approximate surface area is 296 Å². The number of alkyl halides is 3. The molecule has 3 N–H and O–H groups in total. The lowest BCUT2D eigenvalue weighted by molar-refractivity contribution is -0.137. The molecule has 51 heavy (non-hydrogen) atoms. The van der Waals surface area contributed by atoms with Crippen LogP contribution >= 0.6 is 0 Å². The third-order valence-corrected chi connectivity index (χ3v) is 6.71. The Balaban J connectivity index is 1.05. The van der Waals surface area contributed by atoms with E-state index in [-0.39, 0.29) is 24.5 Å². The lowest BCUT2D eigenvalue weighted by atomic mass is 10.1. The molecule has 0 amide bonds. The second-order valence-corrected chi connectivity index (χ2v) is 10.6. The molecule has 15 heteroatoms. The van der Waals surface area contributed by atoms with E-state index in [0.29, 0.717) is 110 Å². The highest BCUT2D eigenvalue weighted by molar-refractivity contribution is 5.96. The van der Waals surface area contributed by atoms with Crippen LogP contribution in [0.15, 0.2) is 72.8 Å². The number of carbonyl (C=O) groups is 1. The number of esters is 1. The van der Waals surface area contributed by atoms with E-state index >= 15 is 0 Å². The van der Waals surface area contributed by atoms with Crippen LogP contribution < -0.4 is 15.8 Å². The summed E-state index contributed by atoms with van der Waals surface area (Å²) in [7, 11) is 0. The molecule has 0 bridgehead atoms. The first-order valence-corrected chi connectivity index (χ1v) is 16.6. The predicted octanol–water partition coefficient (Wildman–Crippen LogP) is 5.38. The number of para-hydroxylation sites is 3. The van der Waals surface area contributed by atoms with Crippen molar-refractivity contribution in [1.29, 1.82) is 0 Å². The van der Waals surface area contributed by atoms with E-state index in [1.54, 1.807) is 24.3 Å². The number of hydrogen-bond acceptors (Lipinski definition) is 12. The van der Waals surface area contributed by atoms with Crippen LogP contribution in [0.1, 0.15) is 15.9 Å². The Morgan fingerprint density at radius 1 is 0.569 bits per heavy atom. The fourth-order valence-corrected chi connectivity index (χ4v) is 4.21. The summed E-state index contributed by atoms with van der Waals surface area (Å²) in [6.07, 6.45) is -4.48. The highest BCUT2D eigenvalue weighted by Crippen LogP contribution is 2.32. The summed E-state index contributed by atoms with van der Waals surface area (Å²) in [6, 6.07) is 18.4. The van der Waals surface area contributed by atoms with Gasteiger partial charge in [-0.3, -0.25) is 0 Å². The van der Waals surface area contributed by atoms with Gasteiger partial charge in [-0.15, -0.1) is 0 Å². The van der Waals surface area contributed by atoms with Crippen LogP contribution in [-0.2, 0) is 44.1 Å². The largest absolute Gasteiger partial charge is 0.489 e. The summed E-state index contributed by atoms with van der Waals surface area (Å²) in [5, 5.41) is 2.86. The van der Waals surface area contributed by atoms with E-state index in [2.05, 4.69) is 5.32 Å². The molecule has 282 valence electrons. The number of halogens is 3. The molecule has 3 aromatic rings. The van der Waals surface area contributed by atoms with Gasteiger partial charge in [0.25, 0.3) is 0 Å². The number of ether oxygens (including phenoxy) is 9. The molecule has 0 unspecified atom stereocenters. The van der Waals surface area contributed by atoms with Gasteiger partial charge in [0.15, 0.2) is 0 Å². The first-order chi connectivity index (χ1) is 24.8. The van der Waals surface area contributed by atoms with Crippen molar-refractivity contribution in [1.82, 2.24) is 0 Å². The number of anilines is 3. The number of nitrogens with one attached hydrogen (secondary N) is 1.